The molecule has 3 heterocycles. The van der Waals surface area contributed by atoms with Crippen molar-refractivity contribution in [3.8, 4) is 23.1 Å². The number of hydrogen-bond donors (Lipinski definition) is 1. The zero-order chi connectivity index (χ0) is 21.3. The van der Waals surface area contributed by atoms with Crippen molar-refractivity contribution in [1.29, 1.82) is 0 Å². The molecule has 0 bridgehead atoms. The Balaban J connectivity index is 1.82. The Kier molecular flexibility index (Phi) is 5.39. The predicted molar refractivity (Wildman–Crippen MR) is 112 cm³/mol. The Morgan fingerprint density at radius 1 is 1.07 bits per heavy atom. The molecule has 1 fully saturated rings. The molecule has 2 N–H and O–H groups in total. The van der Waals surface area contributed by atoms with E-state index in [9.17, 15) is 8.42 Å². The van der Waals surface area contributed by atoms with Gasteiger partial charge in [0.25, 0.3) is 5.89 Å². The van der Waals surface area contributed by atoms with Crippen molar-refractivity contribution < 1.29 is 12.9 Å². The van der Waals surface area contributed by atoms with Crippen molar-refractivity contribution in [2.75, 3.05) is 37.8 Å². The van der Waals surface area contributed by atoms with E-state index in [1.807, 2.05) is 0 Å². The van der Waals surface area contributed by atoms with E-state index < -0.39 is 10.0 Å². The Hall–Kier alpha value is -3.05. The summed E-state index contributed by atoms with van der Waals surface area (Å²) in [4.78, 5) is 15.0. The van der Waals surface area contributed by atoms with Crippen LogP contribution in [0.1, 0.15) is 19.3 Å². The van der Waals surface area contributed by atoms with Crippen molar-refractivity contribution in [2.24, 2.45) is 0 Å². The van der Waals surface area contributed by atoms with Crippen molar-refractivity contribution in [3.05, 3.63) is 30.5 Å². The predicted octanol–water partition coefficient (Wildman–Crippen LogP) is 2.02. The SMILES string of the molecule is CN(C)S(=O)(=O)c1ccc(N2CCCCC2)c(-c2nc(-c3nccc(N)n3)no2)c1. The molecule has 1 aliphatic rings. The van der Waals surface area contributed by atoms with Gasteiger partial charge in [-0.3, -0.25) is 0 Å². The van der Waals surface area contributed by atoms with Gasteiger partial charge in [0.2, 0.25) is 21.7 Å². The van der Waals surface area contributed by atoms with Crippen LogP contribution in [0.3, 0.4) is 0 Å². The maximum Gasteiger partial charge on any atom is 0.260 e. The summed E-state index contributed by atoms with van der Waals surface area (Å²) < 4.78 is 32.0. The van der Waals surface area contributed by atoms with Crippen LogP contribution in [0.4, 0.5) is 11.5 Å². The van der Waals surface area contributed by atoms with Crippen molar-refractivity contribution in [3.63, 3.8) is 0 Å². The largest absolute Gasteiger partial charge is 0.384 e. The number of aromatic nitrogens is 4. The molecule has 1 aliphatic heterocycles. The van der Waals surface area contributed by atoms with E-state index in [2.05, 4.69) is 25.0 Å². The van der Waals surface area contributed by atoms with Gasteiger partial charge in [-0.2, -0.15) is 4.98 Å². The lowest BCUT2D eigenvalue weighted by Gasteiger charge is -2.30. The maximum atomic E-state index is 12.7. The molecule has 0 amide bonds. The second-order valence-electron chi connectivity index (χ2n) is 7.24. The normalized spacial score (nSPS) is 15.0. The van der Waals surface area contributed by atoms with Crippen LogP contribution < -0.4 is 10.6 Å². The summed E-state index contributed by atoms with van der Waals surface area (Å²) in [5, 5.41) is 3.97. The molecule has 0 atom stereocenters. The number of benzene rings is 1. The fourth-order valence-electron chi connectivity index (χ4n) is 3.37. The van der Waals surface area contributed by atoms with E-state index in [1.54, 1.807) is 24.3 Å². The van der Waals surface area contributed by atoms with Crippen LogP contribution >= 0.6 is 0 Å². The Labute approximate surface area is 174 Å². The van der Waals surface area contributed by atoms with Crippen molar-refractivity contribution >= 4 is 21.5 Å². The fourth-order valence-corrected chi connectivity index (χ4v) is 4.30. The zero-order valence-electron chi connectivity index (χ0n) is 16.8. The third kappa shape index (κ3) is 3.85. The second kappa shape index (κ2) is 8.00. The summed E-state index contributed by atoms with van der Waals surface area (Å²) >= 11 is 0. The van der Waals surface area contributed by atoms with Crippen LogP contribution in [0.15, 0.2) is 39.9 Å². The van der Waals surface area contributed by atoms with Crippen molar-refractivity contribution in [1.82, 2.24) is 24.4 Å². The summed E-state index contributed by atoms with van der Waals surface area (Å²) in [6, 6.07) is 6.56. The van der Waals surface area contributed by atoms with Gasteiger partial charge in [0.05, 0.1) is 10.5 Å². The van der Waals surface area contributed by atoms with E-state index >= 15 is 0 Å². The number of rotatable bonds is 5. The number of nitrogen functional groups attached to an aromatic ring is 1. The summed E-state index contributed by atoms with van der Waals surface area (Å²) in [6.07, 6.45) is 4.83. The summed E-state index contributed by atoms with van der Waals surface area (Å²) in [5.41, 5.74) is 7.13. The fraction of sp³-hybridized carbons (Fsp3) is 0.368. The highest BCUT2D eigenvalue weighted by atomic mass is 32.2. The number of anilines is 2. The monoisotopic (exact) mass is 429 g/mol. The molecule has 1 saturated heterocycles. The van der Waals surface area contributed by atoms with Gasteiger partial charge in [0.1, 0.15) is 5.82 Å². The number of nitrogens with two attached hydrogens (primary N) is 1. The first-order chi connectivity index (χ1) is 14.4. The standard InChI is InChI=1S/C19H23N7O3S/c1-25(2)30(27,28)13-6-7-15(26-10-4-3-5-11-26)14(12-13)19-23-18(24-29-19)17-21-9-8-16(20)22-17/h6-9,12H,3-5,10-11H2,1-2H3,(H2,20,21,22). The number of hydrogen-bond acceptors (Lipinski definition) is 9. The first-order valence-electron chi connectivity index (χ1n) is 9.61. The molecule has 3 aromatic rings. The number of nitrogens with zero attached hydrogens (tertiary/aromatic N) is 6. The molecular formula is C19H23N7O3S. The highest BCUT2D eigenvalue weighted by molar-refractivity contribution is 7.89. The molecule has 30 heavy (non-hydrogen) atoms. The van der Waals surface area contributed by atoms with Gasteiger partial charge in [0, 0.05) is 39.1 Å². The smallest absolute Gasteiger partial charge is 0.260 e. The Morgan fingerprint density at radius 2 is 1.83 bits per heavy atom. The topological polar surface area (TPSA) is 131 Å². The second-order valence-corrected chi connectivity index (χ2v) is 9.39. The number of piperidine rings is 1. The number of sulfonamides is 1. The van der Waals surface area contributed by atoms with Crippen molar-refractivity contribution in [2.45, 2.75) is 24.2 Å². The Bertz CT molecular complexity index is 1150. The van der Waals surface area contributed by atoms with Gasteiger partial charge in [-0.1, -0.05) is 5.16 Å². The molecule has 4 rings (SSSR count). The molecule has 1 aromatic carbocycles. The quantitative estimate of drug-likeness (QED) is 0.647. The van der Waals surface area contributed by atoms with Gasteiger partial charge in [-0.05, 0) is 43.5 Å². The average Bonchev–Trinajstić information content (AvgIpc) is 3.24. The first kappa shape index (κ1) is 20.2. The molecular weight excluding hydrogens is 406 g/mol. The summed E-state index contributed by atoms with van der Waals surface area (Å²) in [6.45, 7) is 1.76. The first-order valence-corrected chi connectivity index (χ1v) is 11.0. The molecule has 11 heteroatoms. The summed E-state index contributed by atoms with van der Waals surface area (Å²) in [5.74, 6) is 0.913. The molecule has 0 radical (unpaired) electrons. The van der Waals surface area contributed by atoms with Crippen LogP contribution in [0.5, 0.6) is 0 Å². The molecule has 2 aromatic heterocycles. The van der Waals surface area contributed by atoms with E-state index in [4.69, 9.17) is 10.3 Å². The lowest BCUT2D eigenvalue weighted by Crippen LogP contribution is -2.30. The molecule has 0 aliphatic carbocycles. The van der Waals surface area contributed by atoms with Crippen LogP contribution in [-0.4, -0.2) is 60.0 Å². The van der Waals surface area contributed by atoms with Gasteiger partial charge < -0.3 is 15.2 Å². The molecule has 0 spiro atoms. The van der Waals surface area contributed by atoms with Crippen LogP contribution in [0.25, 0.3) is 23.1 Å². The summed E-state index contributed by atoms with van der Waals surface area (Å²) in [7, 11) is -0.631. The van der Waals surface area contributed by atoms with E-state index in [0.717, 1.165) is 31.6 Å². The minimum atomic E-state index is -3.62. The van der Waals surface area contributed by atoms with Gasteiger partial charge in [-0.25, -0.2) is 22.7 Å². The minimum Gasteiger partial charge on any atom is -0.384 e. The van der Waals surface area contributed by atoms with E-state index in [1.165, 1.54) is 31.0 Å². The van der Waals surface area contributed by atoms with Gasteiger partial charge in [-0.15, -0.1) is 0 Å². The molecule has 0 saturated carbocycles. The van der Waals surface area contributed by atoms with E-state index in [0.29, 0.717) is 11.4 Å². The highest BCUT2D eigenvalue weighted by Crippen LogP contribution is 2.35. The molecule has 158 valence electrons. The Morgan fingerprint density at radius 3 is 2.53 bits per heavy atom. The van der Waals surface area contributed by atoms with Gasteiger partial charge >= 0.3 is 0 Å². The van der Waals surface area contributed by atoms with Gasteiger partial charge in [0.15, 0.2) is 0 Å². The van der Waals surface area contributed by atoms with Crippen LogP contribution in [0.2, 0.25) is 0 Å². The van der Waals surface area contributed by atoms with E-state index in [-0.39, 0.29) is 22.4 Å². The molecule has 0 unspecified atom stereocenters. The highest BCUT2D eigenvalue weighted by Gasteiger charge is 2.25. The average molecular weight is 430 g/mol. The minimum absolute atomic E-state index is 0.156. The lowest BCUT2D eigenvalue weighted by molar-refractivity contribution is 0.431. The van der Waals surface area contributed by atoms with Crippen LogP contribution in [-0.2, 0) is 10.0 Å². The maximum absolute atomic E-state index is 12.7. The lowest BCUT2D eigenvalue weighted by atomic mass is 10.1. The third-order valence-electron chi connectivity index (χ3n) is 4.98. The molecule has 10 nitrogen and oxygen atoms in total. The third-order valence-corrected chi connectivity index (χ3v) is 6.79. The van der Waals surface area contributed by atoms with Crippen LogP contribution in [0, 0.1) is 0 Å². The zero-order valence-corrected chi connectivity index (χ0v) is 17.6.